The summed E-state index contributed by atoms with van der Waals surface area (Å²) in [7, 11) is 0. The minimum absolute atomic E-state index is 0.260. The number of aliphatic carboxylic acids is 1. The van der Waals surface area contributed by atoms with Crippen LogP contribution in [0.15, 0.2) is 54.1 Å². The highest BCUT2D eigenvalue weighted by Gasteiger charge is 2.44. The van der Waals surface area contributed by atoms with Crippen molar-refractivity contribution in [3.63, 3.8) is 0 Å². The molecule has 0 aromatic heterocycles. The largest absolute Gasteiger partial charge is 0.573 e. The van der Waals surface area contributed by atoms with Crippen LogP contribution in [0.2, 0.25) is 10.0 Å². The SMILES string of the molecule is O=C(Nc1c(Cl)cc(OC(F)(F)F)cc1Cl)NC1(F)CC(c2ccc(F)cc2)=CC=C1C(=O)N[C@H](C(=O)O)C1CCCCC1. The lowest BCUT2D eigenvalue weighted by atomic mass is 9.83. The number of nitrogens with one attached hydrogen (secondary N) is 3. The lowest BCUT2D eigenvalue weighted by Crippen LogP contribution is -2.55. The highest BCUT2D eigenvalue weighted by atomic mass is 35.5. The molecule has 2 aliphatic carbocycles. The molecule has 2 aromatic rings. The predicted octanol–water partition coefficient (Wildman–Crippen LogP) is 7.38. The van der Waals surface area contributed by atoms with Crippen molar-refractivity contribution in [3.8, 4) is 5.75 Å². The molecule has 236 valence electrons. The zero-order chi connectivity index (χ0) is 32.2. The van der Waals surface area contributed by atoms with Gasteiger partial charge >= 0.3 is 18.4 Å². The second-order valence-electron chi connectivity index (χ2n) is 10.3. The summed E-state index contributed by atoms with van der Waals surface area (Å²) in [6.07, 6.45) is 0.394. The van der Waals surface area contributed by atoms with Crippen LogP contribution in [0.3, 0.4) is 0 Å². The summed E-state index contributed by atoms with van der Waals surface area (Å²) in [4.78, 5) is 38.4. The van der Waals surface area contributed by atoms with Crippen molar-refractivity contribution in [1.82, 2.24) is 10.6 Å². The summed E-state index contributed by atoms with van der Waals surface area (Å²) in [6.45, 7) is 0. The number of benzene rings is 2. The summed E-state index contributed by atoms with van der Waals surface area (Å²) >= 11 is 12.0. The minimum atomic E-state index is -5.05. The number of carbonyl (C=O) groups excluding carboxylic acids is 2. The molecule has 2 atom stereocenters. The van der Waals surface area contributed by atoms with Crippen LogP contribution in [-0.2, 0) is 9.59 Å². The van der Waals surface area contributed by atoms with Gasteiger partial charge in [-0.25, -0.2) is 18.4 Å². The standard InChI is InChI=1S/C29H26Cl2F5N3O5/c30-21-12-19(44-29(34,35)36)13-22(31)24(21)38-27(43)39-28(33)14-17(15-6-9-18(32)10-7-15)8-11-20(28)25(40)37-23(26(41)42)16-4-2-1-3-5-16/h6-13,16,23H,1-5,14H2,(H,37,40)(H,41,42)(H2,38,39,43)/t23-,28?/m0/s1. The van der Waals surface area contributed by atoms with Crippen molar-refractivity contribution in [2.45, 2.75) is 56.7 Å². The van der Waals surface area contributed by atoms with Crippen LogP contribution in [0.25, 0.3) is 5.57 Å². The van der Waals surface area contributed by atoms with Gasteiger partial charge in [-0.3, -0.25) is 4.79 Å². The number of carbonyl (C=O) groups is 3. The topological polar surface area (TPSA) is 117 Å². The third-order valence-electron chi connectivity index (χ3n) is 7.25. The number of carboxylic acid groups (broad SMARTS) is 1. The molecule has 4 N–H and O–H groups in total. The number of alkyl halides is 4. The third-order valence-corrected chi connectivity index (χ3v) is 7.84. The van der Waals surface area contributed by atoms with Crippen molar-refractivity contribution in [1.29, 1.82) is 0 Å². The molecule has 0 heterocycles. The Bertz CT molecular complexity index is 1470. The van der Waals surface area contributed by atoms with Gasteiger partial charge in [0.1, 0.15) is 17.6 Å². The van der Waals surface area contributed by atoms with Gasteiger partial charge in [-0.1, -0.05) is 60.7 Å². The van der Waals surface area contributed by atoms with Crippen LogP contribution < -0.4 is 20.7 Å². The summed E-state index contributed by atoms with van der Waals surface area (Å²) < 4.78 is 71.9. The van der Waals surface area contributed by atoms with Crippen LogP contribution in [0.4, 0.5) is 32.4 Å². The first-order valence-electron chi connectivity index (χ1n) is 13.4. The highest BCUT2D eigenvalue weighted by molar-refractivity contribution is 6.40. The van der Waals surface area contributed by atoms with Crippen LogP contribution in [0.1, 0.15) is 44.1 Å². The Balaban J connectivity index is 1.61. The van der Waals surface area contributed by atoms with Gasteiger partial charge in [0.05, 0.1) is 21.3 Å². The predicted molar refractivity (Wildman–Crippen MR) is 152 cm³/mol. The molecule has 8 nitrogen and oxygen atoms in total. The first-order valence-corrected chi connectivity index (χ1v) is 14.1. The Morgan fingerprint density at radius 1 is 1.00 bits per heavy atom. The Morgan fingerprint density at radius 3 is 2.18 bits per heavy atom. The number of allylic oxidation sites excluding steroid dienone is 2. The number of hydrogen-bond donors (Lipinski definition) is 4. The fourth-order valence-corrected chi connectivity index (χ4v) is 5.78. The lowest BCUT2D eigenvalue weighted by Gasteiger charge is -2.34. The number of halogens is 7. The molecule has 4 rings (SSSR count). The van der Waals surface area contributed by atoms with E-state index in [0.717, 1.165) is 49.6 Å². The first kappa shape index (κ1) is 33.1. The molecule has 2 aliphatic rings. The Hall–Kier alpha value is -3.84. The summed E-state index contributed by atoms with van der Waals surface area (Å²) in [5.41, 5.74) is -0.363. The number of anilines is 1. The van der Waals surface area contributed by atoms with E-state index in [-0.39, 0.29) is 17.2 Å². The monoisotopic (exact) mass is 661 g/mol. The van der Waals surface area contributed by atoms with E-state index in [0.29, 0.717) is 18.4 Å². The number of amides is 3. The first-order chi connectivity index (χ1) is 20.6. The molecule has 3 amide bonds. The van der Waals surface area contributed by atoms with Gasteiger partial charge in [0, 0.05) is 18.6 Å². The molecular formula is C29H26Cl2F5N3O5. The van der Waals surface area contributed by atoms with E-state index in [2.05, 4.69) is 15.4 Å². The molecule has 0 radical (unpaired) electrons. The lowest BCUT2D eigenvalue weighted by molar-refractivity contribution is -0.274. The number of rotatable bonds is 8. The molecule has 1 saturated carbocycles. The van der Waals surface area contributed by atoms with E-state index < -0.39 is 69.7 Å². The molecule has 1 unspecified atom stereocenters. The normalized spacial score (nSPS) is 19.7. The molecule has 15 heteroatoms. The van der Waals surface area contributed by atoms with Crippen molar-refractivity contribution in [2.75, 3.05) is 5.32 Å². The number of urea groups is 1. The zero-order valence-electron chi connectivity index (χ0n) is 22.7. The van der Waals surface area contributed by atoms with Gasteiger partial charge in [0.2, 0.25) is 5.79 Å². The van der Waals surface area contributed by atoms with E-state index in [1.165, 1.54) is 18.2 Å². The highest BCUT2D eigenvalue weighted by Crippen LogP contribution is 2.39. The maximum atomic E-state index is 16.8. The summed E-state index contributed by atoms with van der Waals surface area (Å²) in [6, 6.07) is 3.88. The van der Waals surface area contributed by atoms with Crippen LogP contribution in [-0.4, -0.2) is 41.2 Å². The quantitative estimate of drug-likeness (QED) is 0.174. The fourth-order valence-electron chi connectivity index (χ4n) is 5.22. The van der Waals surface area contributed by atoms with E-state index in [1.54, 1.807) is 0 Å². The maximum Gasteiger partial charge on any atom is 0.573 e. The summed E-state index contributed by atoms with van der Waals surface area (Å²) in [5, 5.41) is 15.5. The fraction of sp³-hybridized carbons (Fsp3) is 0.345. The average molecular weight is 662 g/mol. The van der Waals surface area contributed by atoms with Gasteiger partial charge in [-0.05, 0) is 48.1 Å². The average Bonchev–Trinajstić information content (AvgIpc) is 2.93. The zero-order valence-corrected chi connectivity index (χ0v) is 24.3. The molecule has 2 aromatic carbocycles. The molecule has 0 aliphatic heterocycles. The van der Waals surface area contributed by atoms with Crippen molar-refractivity contribution in [3.05, 3.63) is 75.5 Å². The Labute approximate surface area is 258 Å². The molecule has 44 heavy (non-hydrogen) atoms. The van der Waals surface area contributed by atoms with Gasteiger partial charge in [-0.2, -0.15) is 0 Å². The van der Waals surface area contributed by atoms with Crippen molar-refractivity contribution >= 4 is 52.4 Å². The van der Waals surface area contributed by atoms with Gasteiger partial charge in [0.25, 0.3) is 5.91 Å². The third kappa shape index (κ3) is 8.20. The molecule has 0 bridgehead atoms. The smallest absolute Gasteiger partial charge is 0.480 e. The molecule has 0 saturated heterocycles. The van der Waals surface area contributed by atoms with E-state index >= 15 is 4.39 Å². The minimum Gasteiger partial charge on any atom is -0.480 e. The van der Waals surface area contributed by atoms with Crippen molar-refractivity contribution < 1.29 is 46.2 Å². The Morgan fingerprint density at radius 2 is 1.61 bits per heavy atom. The Kier molecular flexibility index (Phi) is 10.1. The number of hydrogen-bond acceptors (Lipinski definition) is 4. The van der Waals surface area contributed by atoms with E-state index in [4.69, 9.17) is 23.2 Å². The molecule has 0 spiro atoms. The molecular weight excluding hydrogens is 636 g/mol. The van der Waals surface area contributed by atoms with Gasteiger partial charge in [0.15, 0.2) is 0 Å². The second-order valence-corrected chi connectivity index (χ2v) is 11.1. The van der Waals surface area contributed by atoms with Crippen LogP contribution in [0.5, 0.6) is 5.75 Å². The maximum absolute atomic E-state index is 16.8. The van der Waals surface area contributed by atoms with E-state index in [9.17, 15) is 37.1 Å². The summed E-state index contributed by atoms with van der Waals surface area (Å²) in [5.74, 6) is -7.01. The molecule has 1 fully saturated rings. The number of ether oxygens (including phenoxy) is 1. The van der Waals surface area contributed by atoms with Gasteiger partial charge in [-0.15, -0.1) is 13.2 Å². The number of carboxylic acids is 1. The van der Waals surface area contributed by atoms with E-state index in [1.807, 2.05) is 5.32 Å². The van der Waals surface area contributed by atoms with Crippen molar-refractivity contribution in [2.24, 2.45) is 5.92 Å². The van der Waals surface area contributed by atoms with Gasteiger partial charge < -0.3 is 25.8 Å². The second kappa shape index (κ2) is 13.4. The van der Waals surface area contributed by atoms with Crippen LogP contribution in [0, 0.1) is 11.7 Å². The van der Waals surface area contributed by atoms with Crippen LogP contribution >= 0.6 is 23.2 Å².